The van der Waals surface area contributed by atoms with Crippen LogP contribution in [0.2, 0.25) is 0 Å². The molecule has 2 heterocycles. The van der Waals surface area contributed by atoms with Crippen molar-refractivity contribution in [3.8, 4) is 33.6 Å². The summed E-state index contributed by atoms with van der Waals surface area (Å²) in [5.74, 6) is 0. The number of fused-ring (bicyclic) bond motifs is 6. The molecular weight excluding hydrogens is 532 g/mol. The minimum atomic E-state index is 1.16. The van der Waals surface area contributed by atoms with Gasteiger partial charge in [0.15, 0.2) is 0 Å². The van der Waals surface area contributed by atoms with E-state index in [0.29, 0.717) is 0 Å². The number of benzene rings is 7. The van der Waals surface area contributed by atoms with E-state index in [-0.39, 0.29) is 0 Å². The van der Waals surface area contributed by atoms with Crippen LogP contribution < -0.4 is 0 Å². The van der Waals surface area contributed by atoms with E-state index < -0.39 is 0 Å². The second-order valence-corrected chi connectivity index (χ2v) is 11.4. The van der Waals surface area contributed by atoms with Crippen molar-refractivity contribution in [2.75, 3.05) is 0 Å². The van der Waals surface area contributed by atoms with Gasteiger partial charge in [-0.1, -0.05) is 115 Å². The molecule has 0 N–H and O–H groups in total. The third kappa shape index (κ3) is 3.82. The molecule has 0 amide bonds. The molecule has 0 aliphatic carbocycles. The zero-order valence-electron chi connectivity index (χ0n) is 24.1. The molecule has 206 valence electrons. The van der Waals surface area contributed by atoms with Crippen LogP contribution in [0.25, 0.3) is 77.2 Å². The molecule has 2 heteroatoms. The van der Waals surface area contributed by atoms with Gasteiger partial charge in [-0.15, -0.1) is 0 Å². The third-order valence-electron chi connectivity index (χ3n) is 8.93. The lowest BCUT2D eigenvalue weighted by Gasteiger charge is -2.10. The van der Waals surface area contributed by atoms with E-state index in [0.717, 1.165) is 5.69 Å². The zero-order valence-corrected chi connectivity index (χ0v) is 24.1. The van der Waals surface area contributed by atoms with Crippen molar-refractivity contribution in [3.63, 3.8) is 0 Å². The minimum Gasteiger partial charge on any atom is -0.309 e. The Bertz CT molecular complexity index is 2460. The molecule has 0 aliphatic heterocycles. The molecular formula is C42H28N2. The van der Waals surface area contributed by atoms with Gasteiger partial charge >= 0.3 is 0 Å². The Morgan fingerprint density at radius 2 is 0.705 bits per heavy atom. The molecule has 0 bridgehead atoms. The van der Waals surface area contributed by atoms with Crippen LogP contribution in [-0.2, 0) is 0 Å². The topological polar surface area (TPSA) is 9.86 Å². The van der Waals surface area contributed by atoms with Crippen molar-refractivity contribution in [2.45, 2.75) is 0 Å². The summed E-state index contributed by atoms with van der Waals surface area (Å²) in [6.45, 7) is 0. The Morgan fingerprint density at radius 1 is 0.250 bits per heavy atom. The summed E-state index contributed by atoms with van der Waals surface area (Å²) >= 11 is 0. The Labute approximate surface area is 255 Å². The van der Waals surface area contributed by atoms with Gasteiger partial charge in [-0.3, -0.25) is 0 Å². The minimum absolute atomic E-state index is 1.16. The average Bonchev–Trinajstić information content (AvgIpc) is 3.61. The second kappa shape index (κ2) is 9.86. The van der Waals surface area contributed by atoms with Gasteiger partial charge in [0.25, 0.3) is 0 Å². The van der Waals surface area contributed by atoms with Crippen molar-refractivity contribution < 1.29 is 0 Å². The first-order valence-electron chi connectivity index (χ1n) is 15.1. The maximum atomic E-state index is 2.39. The van der Waals surface area contributed by atoms with Crippen LogP contribution in [0.3, 0.4) is 0 Å². The standard InChI is InChI=1S/C42H28N2/c1-3-11-29(12-4-1)30-19-23-34(24-20-30)43-40-18-10-8-16-36(40)38-27-31(22-26-41(38)43)32-21-25-37-35-15-7-9-17-39(35)44(42(37)28-32)33-13-5-2-6-14-33/h1-28H. The number of nitrogens with zero attached hydrogens (tertiary/aromatic N) is 2. The molecule has 0 unspecified atom stereocenters. The summed E-state index contributed by atoms with van der Waals surface area (Å²) < 4.78 is 4.78. The average molecular weight is 561 g/mol. The highest BCUT2D eigenvalue weighted by atomic mass is 15.0. The molecule has 0 saturated heterocycles. The normalized spacial score (nSPS) is 11.6. The number of hydrogen-bond donors (Lipinski definition) is 0. The van der Waals surface area contributed by atoms with E-state index in [9.17, 15) is 0 Å². The highest BCUT2D eigenvalue weighted by Gasteiger charge is 2.16. The van der Waals surface area contributed by atoms with Crippen molar-refractivity contribution in [1.82, 2.24) is 9.13 Å². The summed E-state index contributed by atoms with van der Waals surface area (Å²) in [5.41, 5.74) is 12.1. The molecule has 9 rings (SSSR count). The van der Waals surface area contributed by atoms with Gasteiger partial charge in [0.1, 0.15) is 0 Å². The first-order valence-corrected chi connectivity index (χ1v) is 15.1. The Hall–Kier alpha value is -5.86. The third-order valence-corrected chi connectivity index (χ3v) is 8.93. The van der Waals surface area contributed by atoms with Crippen LogP contribution >= 0.6 is 0 Å². The van der Waals surface area contributed by atoms with Crippen molar-refractivity contribution >= 4 is 43.6 Å². The molecule has 9 aromatic rings. The fourth-order valence-electron chi connectivity index (χ4n) is 6.87. The summed E-state index contributed by atoms with van der Waals surface area (Å²) in [7, 11) is 0. The first kappa shape index (κ1) is 24.7. The largest absolute Gasteiger partial charge is 0.309 e. The van der Waals surface area contributed by atoms with Gasteiger partial charge in [-0.25, -0.2) is 0 Å². The van der Waals surface area contributed by atoms with Gasteiger partial charge in [0.2, 0.25) is 0 Å². The van der Waals surface area contributed by atoms with Crippen LogP contribution in [0.5, 0.6) is 0 Å². The van der Waals surface area contributed by atoms with E-state index in [4.69, 9.17) is 0 Å². The Kier molecular flexibility index (Phi) is 5.54. The quantitative estimate of drug-likeness (QED) is 0.203. The second-order valence-electron chi connectivity index (χ2n) is 11.4. The van der Waals surface area contributed by atoms with E-state index in [2.05, 4.69) is 179 Å². The zero-order chi connectivity index (χ0) is 29.0. The number of aromatic nitrogens is 2. The molecule has 2 aromatic heterocycles. The van der Waals surface area contributed by atoms with Crippen LogP contribution in [0.4, 0.5) is 0 Å². The van der Waals surface area contributed by atoms with E-state index >= 15 is 0 Å². The van der Waals surface area contributed by atoms with E-state index in [1.54, 1.807) is 0 Å². The number of rotatable bonds is 4. The molecule has 0 fully saturated rings. The molecule has 0 spiro atoms. The van der Waals surface area contributed by atoms with Crippen LogP contribution in [0.15, 0.2) is 170 Å². The molecule has 0 aliphatic rings. The number of para-hydroxylation sites is 3. The lowest BCUT2D eigenvalue weighted by Crippen LogP contribution is -1.94. The monoisotopic (exact) mass is 560 g/mol. The van der Waals surface area contributed by atoms with Gasteiger partial charge in [0.05, 0.1) is 22.1 Å². The SMILES string of the molecule is c1ccc(-c2ccc(-n3c4ccccc4c4cc(-c5ccc6c7ccccc7n(-c7ccccc7)c6c5)ccc43)cc2)cc1. The van der Waals surface area contributed by atoms with Crippen molar-refractivity contribution in [3.05, 3.63) is 170 Å². The van der Waals surface area contributed by atoms with Crippen LogP contribution in [-0.4, -0.2) is 9.13 Å². The fourth-order valence-corrected chi connectivity index (χ4v) is 6.87. The molecule has 0 saturated carbocycles. The fraction of sp³-hybridized carbons (Fsp3) is 0. The molecule has 7 aromatic carbocycles. The summed E-state index contributed by atoms with van der Waals surface area (Å²) in [6.07, 6.45) is 0. The Balaban J connectivity index is 1.21. The summed E-state index contributed by atoms with van der Waals surface area (Å²) in [4.78, 5) is 0. The lowest BCUT2D eigenvalue weighted by molar-refractivity contribution is 1.18. The maximum Gasteiger partial charge on any atom is 0.0547 e. The van der Waals surface area contributed by atoms with Crippen LogP contribution in [0, 0.1) is 0 Å². The van der Waals surface area contributed by atoms with Gasteiger partial charge in [-0.05, 0) is 76.9 Å². The lowest BCUT2D eigenvalue weighted by atomic mass is 10.0. The highest BCUT2D eigenvalue weighted by Crippen LogP contribution is 2.38. The molecule has 44 heavy (non-hydrogen) atoms. The van der Waals surface area contributed by atoms with Gasteiger partial charge in [-0.2, -0.15) is 0 Å². The van der Waals surface area contributed by atoms with Gasteiger partial charge < -0.3 is 9.13 Å². The predicted molar refractivity (Wildman–Crippen MR) is 186 cm³/mol. The molecule has 0 radical (unpaired) electrons. The highest BCUT2D eigenvalue weighted by molar-refractivity contribution is 6.12. The van der Waals surface area contributed by atoms with Crippen molar-refractivity contribution in [2.24, 2.45) is 0 Å². The molecule has 0 atom stereocenters. The van der Waals surface area contributed by atoms with Crippen molar-refractivity contribution in [1.29, 1.82) is 0 Å². The smallest absolute Gasteiger partial charge is 0.0547 e. The predicted octanol–water partition coefficient (Wildman–Crippen LogP) is 11.2. The summed E-state index contributed by atoms with van der Waals surface area (Å²) in [6, 6.07) is 61.4. The van der Waals surface area contributed by atoms with Crippen LogP contribution in [0.1, 0.15) is 0 Å². The summed E-state index contributed by atoms with van der Waals surface area (Å²) in [5, 5.41) is 5.06. The maximum absolute atomic E-state index is 2.39. The van der Waals surface area contributed by atoms with E-state index in [1.165, 1.54) is 71.6 Å². The molecule has 2 nitrogen and oxygen atoms in total. The van der Waals surface area contributed by atoms with Gasteiger partial charge in [0, 0.05) is 32.9 Å². The van der Waals surface area contributed by atoms with E-state index in [1.807, 2.05) is 0 Å². The number of hydrogen-bond acceptors (Lipinski definition) is 0. The Morgan fingerprint density at radius 3 is 1.43 bits per heavy atom. The first-order chi connectivity index (χ1) is 21.8.